The fourth-order valence-corrected chi connectivity index (χ4v) is 5.79. The highest BCUT2D eigenvalue weighted by atomic mass is 16.1. The molecule has 1 fully saturated rings. The Bertz CT molecular complexity index is 1380. The minimum Gasteiger partial charge on any atom is -0.354 e. The molecule has 1 aliphatic heterocycles. The zero-order chi connectivity index (χ0) is 22.5. The summed E-state index contributed by atoms with van der Waals surface area (Å²) in [5, 5.41) is 14.1. The van der Waals surface area contributed by atoms with E-state index in [4.69, 9.17) is 0 Å². The summed E-state index contributed by atoms with van der Waals surface area (Å²) in [5.41, 5.74) is 4.99. The van der Waals surface area contributed by atoms with Gasteiger partial charge in [-0.15, -0.1) is 5.10 Å². The molecule has 2 aromatic heterocycles. The van der Waals surface area contributed by atoms with E-state index in [1.165, 1.54) is 18.4 Å². The Hall–Kier alpha value is -3.48. The number of rotatable bonds is 4. The molecule has 0 amide bonds. The largest absolute Gasteiger partial charge is 0.354 e. The van der Waals surface area contributed by atoms with Crippen LogP contribution in [0.1, 0.15) is 67.2 Å². The van der Waals surface area contributed by atoms with E-state index in [2.05, 4.69) is 62.7 Å². The van der Waals surface area contributed by atoms with Crippen molar-refractivity contribution in [2.45, 2.75) is 64.1 Å². The van der Waals surface area contributed by atoms with Gasteiger partial charge in [0.1, 0.15) is 6.04 Å². The van der Waals surface area contributed by atoms with Gasteiger partial charge in [0.15, 0.2) is 5.82 Å². The van der Waals surface area contributed by atoms with Gasteiger partial charge in [0, 0.05) is 17.3 Å². The van der Waals surface area contributed by atoms with Crippen molar-refractivity contribution in [1.29, 1.82) is 0 Å². The van der Waals surface area contributed by atoms with Crippen molar-refractivity contribution in [1.82, 2.24) is 25.2 Å². The van der Waals surface area contributed by atoms with Gasteiger partial charge >= 0.3 is 0 Å². The molecule has 3 heterocycles. The van der Waals surface area contributed by atoms with Crippen LogP contribution < -0.4 is 10.5 Å². The average molecular weight is 441 g/mol. The van der Waals surface area contributed by atoms with Gasteiger partial charge in [-0.3, -0.25) is 4.79 Å². The standard InChI is InChI=1S/C26H28N6O/c1-16-8-7-10-19-15-21(26(33)27-23(16)19)24(25-28-29-30-32(25)20-11-4-5-12-20)31-17(2)14-18-9-3-6-13-22(18)31/h3,6-10,13,15,17,20,24H,4-5,11-12,14H2,1-2H3,(H,27,33)/t17-,24+/m0/s1. The van der Waals surface area contributed by atoms with Gasteiger partial charge in [-0.25, -0.2) is 4.68 Å². The molecule has 6 rings (SSSR count). The van der Waals surface area contributed by atoms with Gasteiger partial charge in [-0.1, -0.05) is 49.2 Å². The Morgan fingerprint density at radius 3 is 2.76 bits per heavy atom. The summed E-state index contributed by atoms with van der Waals surface area (Å²) in [6, 6.07) is 16.8. The normalized spacial score (nSPS) is 19.3. The molecule has 4 aromatic rings. The number of fused-ring (bicyclic) bond motifs is 2. The number of H-pyrrole nitrogens is 1. The van der Waals surface area contributed by atoms with Gasteiger partial charge in [0.25, 0.3) is 5.56 Å². The third kappa shape index (κ3) is 3.25. The number of nitrogens with zero attached hydrogens (tertiary/aromatic N) is 5. The topological polar surface area (TPSA) is 79.7 Å². The number of hydrogen-bond acceptors (Lipinski definition) is 5. The van der Waals surface area contributed by atoms with E-state index in [1.807, 2.05) is 29.8 Å². The number of nitrogens with one attached hydrogen (secondary N) is 1. The molecule has 33 heavy (non-hydrogen) atoms. The van der Waals surface area contributed by atoms with E-state index in [0.717, 1.165) is 47.2 Å². The fourth-order valence-electron chi connectivity index (χ4n) is 5.79. The maximum absolute atomic E-state index is 13.6. The highest BCUT2D eigenvalue weighted by Crippen LogP contribution is 2.42. The Morgan fingerprint density at radius 1 is 1.09 bits per heavy atom. The van der Waals surface area contributed by atoms with Crippen LogP contribution in [0.25, 0.3) is 10.9 Å². The monoisotopic (exact) mass is 440 g/mol. The molecule has 1 aliphatic carbocycles. The Morgan fingerprint density at radius 2 is 1.91 bits per heavy atom. The second kappa shape index (κ2) is 7.83. The number of aryl methyl sites for hydroxylation is 1. The van der Waals surface area contributed by atoms with Gasteiger partial charge in [-0.05, 0) is 72.2 Å². The third-order valence-electron chi connectivity index (χ3n) is 7.38. The molecule has 7 heteroatoms. The lowest BCUT2D eigenvalue weighted by molar-refractivity contribution is 0.423. The molecular weight excluding hydrogens is 412 g/mol. The summed E-state index contributed by atoms with van der Waals surface area (Å²) < 4.78 is 1.99. The first kappa shape index (κ1) is 20.1. The molecule has 7 nitrogen and oxygen atoms in total. The lowest BCUT2D eigenvalue weighted by atomic mass is 10.0. The maximum atomic E-state index is 13.6. The van der Waals surface area contributed by atoms with Crippen LogP contribution in [0, 0.1) is 6.92 Å². The Balaban J connectivity index is 1.59. The highest BCUT2D eigenvalue weighted by molar-refractivity contribution is 5.82. The van der Waals surface area contributed by atoms with Gasteiger partial charge in [-0.2, -0.15) is 0 Å². The quantitative estimate of drug-likeness (QED) is 0.506. The number of tetrazole rings is 1. The summed E-state index contributed by atoms with van der Waals surface area (Å²) in [7, 11) is 0. The van der Waals surface area contributed by atoms with Crippen LogP contribution in [-0.2, 0) is 6.42 Å². The van der Waals surface area contributed by atoms with Crippen LogP contribution >= 0.6 is 0 Å². The molecule has 0 radical (unpaired) electrons. The number of anilines is 1. The highest BCUT2D eigenvalue weighted by Gasteiger charge is 2.39. The summed E-state index contributed by atoms with van der Waals surface area (Å²) in [6.07, 6.45) is 5.46. The molecule has 2 aliphatic rings. The molecule has 1 saturated carbocycles. The second-order valence-electron chi connectivity index (χ2n) is 9.50. The first-order chi connectivity index (χ1) is 16.1. The molecule has 0 saturated heterocycles. The predicted molar refractivity (Wildman–Crippen MR) is 129 cm³/mol. The first-order valence-corrected chi connectivity index (χ1v) is 11.9. The molecular formula is C26H28N6O. The summed E-state index contributed by atoms with van der Waals surface area (Å²) in [5.74, 6) is 0.753. The number of hydrogen-bond donors (Lipinski definition) is 1. The molecule has 1 N–H and O–H groups in total. The van der Waals surface area contributed by atoms with Gasteiger partial charge in [0.2, 0.25) is 0 Å². The molecule has 2 atom stereocenters. The van der Waals surface area contributed by atoms with E-state index in [9.17, 15) is 4.79 Å². The number of pyridine rings is 1. The molecule has 168 valence electrons. The van der Waals surface area contributed by atoms with Gasteiger partial charge in [0.05, 0.1) is 11.6 Å². The number of benzene rings is 2. The zero-order valence-corrected chi connectivity index (χ0v) is 19.0. The maximum Gasteiger partial charge on any atom is 0.254 e. The van der Waals surface area contributed by atoms with E-state index >= 15 is 0 Å². The average Bonchev–Trinajstić information content (AvgIpc) is 3.55. The van der Waals surface area contributed by atoms with E-state index < -0.39 is 0 Å². The lowest BCUT2D eigenvalue weighted by Crippen LogP contribution is -2.39. The Labute approximate surface area is 192 Å². The zero-order valence-electron chi connectivity index (χ0n) is 19.0. The van der Waals surface area contributed by atoms with Crippen LogP contribution in [0.4, 0.5) is 5.69 Å². The minimum atomic E-state index is -0.368. The Kier molecular flexibility index (Phi) is 4.78. The van der Waals surface area contributed by atoms with Crippen LogP contribution in [0.2, 0.25) is 0 Å². The first-order valence-electron chi connectivity index (χ1n) is 11.9. The van der Waals surface area contributed by atoms with Crippen LogP contribution in [-0.4, -0.2) is 31.2 Å². The van der Waals surface area contributed by atoms with E-state index in [0.29, 0.717) is 5.56 Å². The number of aromatic nitrogens is 5. The number of aromatic amines is 1. The van der Waals surface area contributed by atoms with Crippen molar-refractivity contribution < 1.29 is 0 Å². The van der Waals surface area contributed by atoms with Crippen molar-refractivity contribution in [3.8, 4) is 0 Å². The van der Waals surface area contributed by atoms with Crippen molar-refractivity contribution in [2.24, 2.45) is 0 Å². The predicted octanol–water partition coefficient (Wildman–Crippen LogP) is 4.48. The smallest absolute Gasteiger partial charge is 0.254 e. The summed E-state index contributed by atoms with van der Waals surface area (Å²) in [4.78, 5) is 19.1. The van der Waals surface area contributed by atoms with E-state index in [-0.39, 0.29) is 23.7 Å². The van der Waals surface area contributed by atoms with Crippen molar-refractivity contribution in [3.63, 3.8) is 0 Å². The van der Waals surface area contributed by atoms with E-state index in [1.54, 1.807) is 0 Å². The van der Waals surface area contributed by atoms with Crippen LogP contribution in [0.5, 0.6) is 0 Å². The van der Waals surface area contributed by atoms with Crippen molar-refractivity contribution in [2.75, 3.05) is 4.90 Å². The molecule has 0 bridgehead atoms. The SMILES string of the molecule is Cc1cccc2cc([C@H](c3nnnn3C3CCCC3)N3c4ccccc4C[C@@H]3C)c(=O)[nH]c12. The fraction of sp³-hybridized carbons (Fsp3) is 0.385. The van der Waals surface area contributed by atoms with Crippen LogP contribution in [0.3, 0.4) is 0 Å². The van der Waals surface area contributed by atoms with Crippen LogP contribution in [0.15, 0.2) is 53.3 Å². The third-order valence-corrected chi connectivity index (χ3v) is 7.38. The molecule has 0 spiro atoms. The van der Waals surface area contributed by atoms with Gasteiger partial charge < -0.3 is 9.88 Å². The molecule has 0 unspecified atom stereocenters. The second-order valence-corrected chi connectivity index (χ2v) is 9.50. The minimum absolute atomic E-state index is 0.0839. The summed E-state index contributed by atoms with van der Waals surface area (Å²) in [6.45, 7) is 4.24. The number of para-hydroxylation sites is 2. The molecule has 2 aromatic carbocycles. The summed E-state index contributed by atoms with van der Waals surface area (Å²) >= 11 is 0. The van der Waals surface area contributed by atoms with Crippen molar-refractivity contribution in [3.05, 3.63) is 81.4 Å². The van der Waals surface area contributed by atoms with Crippen molar-refractivity contribution >= 4 is 16.6 Å². The lowest BCUT2D eigenvalue weighted by Gasteiger charge is -2.34.